The zero-order valence-corrected chi connectivity index (χ0v) is 12.9. The lowest BCUT2D eigenvalue weighted by atomic mass is 10.1. The van der Waals surface area contributed by atoms with Crippen molar-refractivity contribution in [2.75, 3.05) is 18.5 Å². The largest absolute Gasteiger partial charge is 0.382 e. The number of sulfonamides is 1. The predicted octanol–water partition coefficient (Wildman–Crippen LogP) is 1.18. The van der Waals surface area contributed by atoms with E-state index in [1.54, 1.807) is 0 Å². The summed E-state index contributed by atoms with van der Waals surface area (Å²) in [5, 5.41) is 9.19. The van der Waals surface area contributed by atoms with Gasteiger partial charge in [0.25, 0.3) is 0 Å². The maximum absolute atomic E-state index is 11.1. The molecule has 0 aliphatic carbocycles. The van der Waals surface area contributed by atoms with Crippen LogP contribution < -0.4 is 10.5 Å². The molecule has 2 heterocycles. The number of hydrogen-bond donors (Lipinski definition) is 3. The highest BCUT2D eigenvalue weighted by atomic mass is 32.2. The Labute approximate surface area is 128 Å². The Hall–Kier alpha value is -2.19. The third-order valence-electron chi connectivity index (χ3n) is 3.47. The van der Waals surface area contributed by atoms with Crippen LogP contribution in [0.4, 0.5) is 5.82 Å². The fourth-order valence-corrected chi connectivity index (χ4v) is 3.04. The van der Waals surface area contributed by atoms with E-state index in [-0.39, 0.29) is 0 Å². The molecule has 0 saturated carbocycles. The van der Waals surface area contributed by atoms with Crippen molar-refractivity contribution >= 4 is 37.6 Å². The van der Waals surface area contributed by atoms with E-state index in [4.69, 9.17) is 5.73 Å². The number of fused-ring (bicyclic) bond motifs is 3. The first-order valence-electron chi connectivity index (χ1n) is 6.91. The van der Waals surface area contributed by atoms with E-state index in [1.165, 1.54) is 0 Å². The van der Waals surface area contributed by atoms with Crippen molar-refractivity contribution in [2.24, 2.45) is 0 Å². The van der Waals surface area contributed by atoms with Crippen molar-refractivity contribution in [1.29, 1.82) is 0 Å². The lowest BCUT2D eigenvalue weighted by Crippen LogP contribution is -2.23. The van der Waals surface area contributed by atoms with E-state index in [9.17, 15) is 8.42 Å². The monoisotopic (exact) mass is 319 g/mol. The summed E-state index contributed by atoms with van der Waals surface area (Å²) in [6.07, 6.45) is 2.49. The van der Waals surface area contributed by atoms with E-state index in [2.05, 4.69) is 19.9 Å². The third kappa shape index (κ3) is 2.88. The quantitative estimate of drug-likeness (QED) is 0.611. The van der Waals surface area contributed by atoms with Crippen LogP contribution in [0.2, 0.25) is 0 Å². The average Bonchev–Trinajstić information content (AvgIpc) is 2.88. The van der Waals surface area contributed by atoms with Gasteiger partial charge in [-0.2, -0.15) is 5.10 Å². The highest BCUT2D eigenvalue weighted by Crippen LogP contribution is 2.29. The fourth-order valence-electron chi connectivity index (χ4n) is 2.52. The Bertz CT molecular complexity index is 933. The minimum Gasteiger partial charge on any atom is -0.382 e. The number of benzene rings is 1. The van der Waals surface area contributed by atoms with Gasteiger partial charge in [-0.1, -0.05) is 18.2 Å². The van der Waals surface area contributed by atoms with Crippen molar-refractivity contribution in [3.05, 3.63) is 30.0 Å². The van der Waals surface area contributed by atoms with E-state index in [0.29, 0.717) is 30.7 Å². The van der Waals surface area contributed by atoms with E-state index >= 15 is 0 Å². The molecule has 0 unspecified atom stereocenters. The van der Waals surface area contributed by atoms with Gasteiger partial charge in [-0.3, -0.25) is 5.10 Å². The molecule has 0 aliphatic heterocycles. The molecule has 0 atom stereocenters. The summed E-state index contributed by atoms with van der Waals surface area (Å²) in [7, 11) is -3.15. The first-order chi connectivity index (χ1) is 10.5. The smallest absolute Gasteiger partial charge is 0.208 e. The van der Waals surface area contributed by atoms with Crippen molar-refractivity contribution in [1.82, 2.24) is 19.9 Å². The number of para-hydroxylation sites is 1. The molecule has 3 aromatic rings. The van der Waals surface area contributed by atoms with Gasteiger partial charge in [0.05, 0.1) is 11.8 Å². The topological polar surface area (TPSA) is 114 Å². The Morgan fingerprint density at radius 3 is 2.86 bits per heavy atom. The molecular weight excluding hydrogens is 302 g/mol. The number of nitrogens with two attached hydrogens (primary N) is 1. The molecule has 0 spiro atoms. The van der Waals surface area contributed by atoms with Gasteiger partial charge < -0.3 is 5.73 Å². The summed E-state index contributed by atoms with van der Waals surface area (Å²) in [4.78, 5) is 4.35. The third-order valence-corrected chi connectivity index (χ3v) is 4.19. The molecule has 0 saturated heterocycles. The molecule has 0 fully saturated rings. The zero-order valence-electron chi connectivity index (χ0n) is 12.1. The summed E-state index contributed by atoms with van der Waals surface area (Å²) in [6, 6.07) is 7.75. The van der Waals surface area contributed by atoms with Crippen LogP contribution in [0.3, 0.4) is 0 Å². The number of nitrogens with one attached hydrogen (secondary N) is 2. The standard InChI is InChI=1S/C14H17N5O2S/c1-22(20,21)16-8-4-7-11-12-9-5-2-3-6-10(9)17-14(15)13(12)19-18-11/h2-3,5-6,16H,4,7-8H2,1H3,(H2,15,17)(H,18,19). The van der Waals surface area contributed by atoms with E-state index in [1.807, 2.05) is 24.3 Å². The summed E-state index contributed by atoms with van der Waals surface area (Å²) < 4.78 is 24.6. The number of H-pyrrole nitrogens is 1. The van der Waals surface area contributed by atoms with E-state index in [0.717, 1.165) is 28.2 Å². The Kier molecular flexibility index (Phi) is 3.71. The molecule has 3 rings (SSSR count). The number of aromatic nitrogens is 3. The zero-order chi connectivity index (χ0) is 15.7. The number of rotatable bonds is 5. The average molecular weight is 319 g/mol. The Morgan fingerprint density at radius 1 is 1.32 bits per heavy atom. The van der Waals surface area contributed by atoms with Crippen LogP contribution in [0, 0.1) is 0 Å². The van der Waals surface area contributed by atoms with Gasteiger partial charge in [-0.15, -0.1) is 0 Å². The molecule has 116 valence electrons. The second kappa shape index (κ2) is 5.54. The number of aryl methyl sites for hydroxylation is 1. The second-order valence-electron chi connectivity index (χ2n) is 5.21. The normalized spacial score (nSPS) is 12.2. The minimum absolute atomic E-state index is 0.387. The molecule has 0 aliphatic rings. The van der Waals surface area contributed by atoms with Crippen LogP contribution in [0.5, 0.6) is 0 Å². The molecule has 8 heteroatoms. The summed E-state index contributed by atoms with van der Waals surface area (Å²) >= 11 is 0. The first-order valence-corrected chi connectivity index (χ1v) is 8.80. The number of hydrogen-bond acceptors (Lipinski definition) is 5. The van der Waals surface area contributed by atoms with Gasteiger partial charge in [0, 0.05) is 23.0 Å². The molecule has 2 aromatic heterocycles. The summed E-state index contributed by atoms with van der Waals surface area (Å²) in [5.41, 5.74) is 8.38. The molecule has 22 heavy (non-hydrogen) atoms. The lowest BCUT2D eigenvalue weighted by molar-refractivity contribution is 0.585. The summed E-state index contributed by atoms with van der Waals surface area (Å²) in [6.45, 7) is 0.387. The van der Waals surface area contributed by atoms with Crippen molar-refractivity contribution in [2.45, 2.75) is 12.8 Å². The van der Waals surface area contributed by atoms with Crippen LogP contribution in [-0.4, -0.2) is 36.4 Å². The second-order valence-corrected chi connectivity index (χ2v) is 7.04. The molecule has 0 bridgehead atoms. The highest BCUT2D eigenvalue weighted by molar-refractivity contribution is 7.88. The van der Waals surface area contributed by atoms with Crippen LogP contribution in [0.1, 0.15) is 12.1 Å². The van der Waals surface area contributed by atoms with Crippen molar-refractivity contribution in [3.63, 3.8) is 0 Å². The molecular formula is C14H17N5O2S. The SMILES string of the molecule is CS(=O)(=O)NCCCc1[nH]nc2c(N)nc3ccccc3c12. The predicted molar refractivity (Wildman–Crippen MR) is 87.0 cm³/mol. The van der Waals surface area contributed by atoms with Gasteiger partial charge in [-0.25, -0.2) is 18.1 Å². The van der Waals surface area contributed by atoms with Gasteiger partial charge in [0.15, 0.2) is 5.82 Å². The first kappa shape index (κ1) is 14.7. The van der Waals surface area contributed by atoms with Gasteiger partial charge >= 0.3 is 0 Å². The summed E-state index contributed by atoms with van der Waals surface area (Å²) in [5.74, 6) is 0.394. The van der Waals surface area contributed by atoms with E-state index < -0.39 is 10.0 Å². The van der Waals surface area contributed by atoms with Gasteiger partial charge in [0.1, 0.15) is 5.52 Å². The maximum atomic E-state index is 11.1. The molecule has 0 amide bonds. The number of pyridine rings is 1. The Morgan fingerprint density at radius 2 is 2.09 bits per heavy atom. The molecule has 7 nitrogen and oxygen atoms in total. The lowest BCUT2D eigenvalue weighted by Gasteiger charge is -2.04. The van der Waals surface area contributed by atoms with Crippen molar-refractivity contribution < 1.29 is 8.42 Å². The maximum Gasteiger partial charge on any atom is 0.208 e. The number of anilines is 1. The fraction of sp³-hybridized carbons (Fsp3) is 0.286. The number of nitrogen functional groups attached to an aromatic ring is 1. The number of nitrogens with zero attached hydrogens (tertiary/aromatic N) is 2. The van der Waals surface area contributed by atoms with Crippen LogP contribution >= 0.6 is 0 Å². The number of aromatic amines is 1. The minimum atomic E-state index is -3.15. The van der Waals surface area contributed by atoms with Gasteiger partial charge in [0.2, 0.25) is 10.0 Å². The molecule has 0 radical (unpaired) electrons. The van der Waals surface area contributed by atoms with Gasteiger partial charge in [-0.05, 0) is 18.9 Å². The molecule has 1 aromatic carbocycles. The van der Waals surface area contributed by atoms with Crippen LogP contribution in [-0.2, 0) is 16.4 Å². The van der Waals surface area contributed by atoms with Crippen LogP contribution in [0.15, 0.2) is 24.3 Å². The van der Waals surface area contributed by atoms with Crippen molar-refractivity contribution in [3.8, 4) is 0 Å². The molecule has 4 N–H and O–H groups in total. The highest BCUT2D eigenvalue weighted by Gasteiger charge is 2.13. The Balaban J connectivity index is 1.94. The van der Waals surface area contributed by atoms with Crippen LogP contribution in [0.25, 0.3) is 21.8 Å².